The van der Waals surface area contributed by atoms with Crippen LogP contribution in [0.15, 0.2) is 30.5 Å². The standard InChI is InChI=1S/C17H23N3O/c1-13-5-4-8-17(21,9-13)12-18-10-14-11-19-15-6-2-3-7-16(15)20-14/h2-3,6-7,11,13,18,21H,4-5,8-10,12H2,1H3. The van der Waals surface area contributed by atoms with Crippen LogP contribution in [0.1, 0.15) is 38.3 Å². The number of hydrogen-bond acceptors (Lipinski definition) is 4. The van der Waals surface area contributed by atoms with Gasteiger partial charge in [-0.3, -0.25) is 4.98 Å². The second-order valence-corrected chi connectivity index (χ2v) is 6.38. The van der Waals surface area contributed by atoms with Crippen molar-refractivity contribution in [1.82, 2.24) is 15.3 Å². The number of nitrogens with one attached hydrogen (secondary N) is 1. The third-order valence-corrected chi connectivity index (χ3v) is 4.33. The van der Waals surface area contributed by atoms with Crippen molar-refractivity contribution in [2.45, 2.75) is 44.8 Å². The molecule has 2 aromatic rings. The first kappa shape index (κ1) is 14.4. The number of fused-ring (bicyclic) bond motifs is 1. The van der Waals surface area contributed by atoms with Crippen molar-refractivity contribution in [3.8, 4) is 0 Å². The van der Waals surface area contributed by atoms with Gasteiger partial charge in [0.1, 0.15) is 0 Å². The zero-order valence-electron chi connectivity index (χ0n) is 12.5. The van der Waals surface area contributed by atoms with E-state index in [1.807, 2.05) is 30.5 Å². The smallest absolute Gasteiger partial charge is 0.0890 e. The lowest BCUT2D eigenvalue weighted by atomic mass is 9.79. The second kappa shape index (κ2) is 6.08. The summed E-state index contributed by atoms with van der Waals surface area (Å²) in [5, 5.41) is 13.9. The highest BCUT2D eigenvalue weighted by molar-refractivity contribution is 5.73. The highest BCUT2D eigenvalue weighted by atomic mass is 16.3. The lowest BCUT2D eigenvalue weighted by molar-refractivity contribution is -0.0119. The van der Waals surface area contributed by atoms with Crippen molar-refractivity contribution in [1.29, 1.82) is 0 Å². The Labute approximate surface area is 125 Å². The molecule has 0 amide bonds. The molecule has 1 fully saturated rings. The molecule has 1 aliphatic carbocycles. The molecule has 1 heterocycles. The van der Waals surface area contributed by atoms with Gasteiger partial charge >= 0.3 is 0 Å². The summed E-state index contributed by atoms with van der Waals surface area (Å²) in [5.74, 6) is 0.617. The SMILES string of the molecule is CC1CCCC(O)(CNCc2cnc3ccccc3n2)C1. The van der Waals surface area contributed by atoms with Gasteiger partial charge in [0.15, 0.2) is 0 Å². The van der Waals surface area contributed by atoms with E-state index in [2.05, 4.69) is 22.2 Å². The average molecular weight is 285 g/mol. The third-order valence-electron chi connectivity index (χ3n) is 4.33. The Morgan fingerprint density at radius 3 is 2.95 bits per heavy atom. The molecule has 1 aromatic carbocycles. The molecule has 21 heavy (non-hydrogen) atoms. The molecule has 1 aliphatic rings. The molecule has 0 aliphatic heterocycles. The fourth-order valence-corrected chi connectivity index (χ4v) is 3.30. The quantitative estimate of drug-likeness (QED) is 0.906. The predicted molar refractivity (Wildman–Crippen MR) is 83.8 cm³/mol. The molecule has 1 aromatic heterocycles. The Morgan fingerprint density at radius 2 is 2.14 bits per heavy atom. The van der Waals surface area contributed by atoms with Crippen molar-refractivity contribution in [2.24, 2.45) is 5.92 Å². The number of aliphatic hydroxyl groups is 1. The summed E-state index contributed by atoms with van der Waals surface area (Å²) in [7, 11) is 0. The number of nitrogens with zero attached hydrogens (tertiary/aromatic N) is 2. The van der Waals surface area contributed by atoms with Gasteiger partial charge in [-0.2, -0.15) is 0 Å². The van der Waals surface area contributed by atoms with Gasteiger partial charge in [-0.15, -0.1) is 0 Å². The van der Waals surface area contributed by atoms with Crippen LogP contribution in [0.25, 0.3) is 11.0 Å². The molecule has 4 nitrogen and oxygen atoms in total. The van der Waals surface area contributed by atoms with Crippen molar-refractivity contribution in [3.63, 3.8) is 0 Å². The fraction of sp³-hybridized carbons (Fsp3) is 0.529. The van der Waals surface area contributed by atoms with Crippen molar-refractivity contribution < 1.29 is 5.11 Å². The van der Waals surface area contributed by atoms with Gasteiger partial charge < -0.3 is 10.4 Å². The number of benzene rings is 1. The van der Waals surface area contributed by atoms with Gasteiger partial charge in [-0.25, -0.2) is 4.98 Å². The van der Waals surface area contributed by atoms with Gasteiger partial charge in [0, 0.05) is 13.1 Å². The first-order chi connectivity index (χ1) is 10.1. The monoisotopic (exact) mass is 285 g/mol. The van der Waals surface area contributed by atoms with Gasteiger partial charge in [0.05, 0.1) is 28.5 Å². The highest BCUT2D eigenvalue weighted by Crippen LogP contribution is 2.31. The van der Waals surface area contributed by atoms with E-state index in [0.29, 0.717) is 19.0 Å². The predicted octanol–water partition coefficient (Wildman–Crippen LogP) is 2.66. The fourth-order valence-electron chi connectivity index (χ4n) is 3.30. The van der Waals surface area contributed by atoms with Gasteiger partial charge in [0.25, 0.3) is 0 Å². The Kier molecular flexibility index (Phi) is 4.17. The largest absolute Gasteiger partial charge is 0.389 e. The van der Waals surface area contributed by atoms with Gasteiger partial charge in [-0.05, 0) is 30.9 Å². The summed E-state index contributed by atoms with van der Waals surface area (Å²) in [6, 6.07) is 7.88. The summed E-state index contributed by atoms with van der Waals surface area (Å²) in [6.45, 7) is 3.50. The molecule has 1 saturated carbocycles. The Balaban J connectivity index is 1.59. The van der Waals surface area contributed by atoms with E-state index < -0.39 is 5.60 Å². The molecule has 2 atom stereocenters. The van der Waals surface area contributed by atoms with E-state index in [9.17, 15) is 5.11 Å². The minimum atomic E-state index is -0.554. The molecule has 0 bridgehead atoms. The third kappa shape index (κ3) is 3.57. The maximum Gasteiger partial charge on any atom is 0.0890 e. The maximum absolute atomic E-state index is 10.6. The lowest BCUT2D eigenvalue weighted by Crippen LogP contribution is -2.43. The van der Waals surface area contributed by atoms with Crippen LogP contribution in [0, 0.1) is 5.92 Å². The zero-order valence-corrected chi connectivity index (χ0v) is 12.5. The summed E-state index contributed by atoms with van der Waals surface area (Å²) < 4.78 is 0. The topological polar surface area (TPSA) is 58.0 Å². The van der Waals surface area contributed by atoms with Crippen molar-refractivity contribution in [3.05, 3.63) is 36.2 Å². The van der Waals surface area contributed by atoms with E-state index in [0.717, 1.165) is 36.0 Å². The molecular formula is C17H23N3O. The average Bonchev–Trinajstić information content (AvgIpc) is 2.47. The van der Waals surface area contributed by atoms with Crippen LogP contribution in [-0.2, 0) is 6.54 Å². The highest BCUT2D eigenvalue weighted by Gasteiger charge is 2.31. The number of para-hydroxylation sites is 2. The lowest BCUT2D eigenvalue weighted by Gasteiger charge is -2.35. The summed E-state index contributed by atoms with van der Waals surface area (Å²) in [6.07, 6.45) is 5.95. The maximum atomic E-state index is 10.6. The van der Waals surface area contributed by atoms with Crippen LogP contribution in [0.3, 0.4) is 0 Å². The minimum absolute atomic E-state index is 0.554. The van der Waals surface area contributed by atoms with Crippen LogP contribution in [0.5, 0.6) is 0 Å². The molecule has 2 unspecified atom stereocenters. The van der Waals surface area contributed by atoms with Crippen LogP contribution in [-0.4, -0.2) is 27.2 Å². The molecular weight excluding hydrogens is 262 g/mol. The van der Waals surface area contributed by atoms with E-state index in [-0.39, 0.29) is 0 Å². The Hall–Kier alpha value is -1.52. The van der Waals surface area contributed by atoms with E-state index in [1.165, 1.54) is 6.42 Å². The number of hydrogen-bond donors (Lipinski definition) is 2. The molecule has 0 radical (unpaired) electrons. The van der Waals surface area contributed by atoms with E-state index in [1.54, 1.807) is 0 Å². The normalized spacial score (nSPS) is 26.1. The summed E-state index contributed by atoms with van der Waals surface area (Å²) in [4.78, 5) is 9.00. The van der Waals surface area contributed by atoms with Gasteiger partial charge in [-0.1, -0.05) is 31.9 Å². The number of rotatable bonds is 4. The molecule has 0 spiro atoms. The second-order valence-electron chi connectivity index (χ2n) is 6.38. The van der Waals surface area contributed by atoms with Crippen LogP contribution < -0.4 is 5.32 Å². The van der Waals surface area contributed by atoms with Crippen LogP contribution in [0.2, 0.25) is 0 Å². The summed E-state index contributed by atoms with van der Waals surface area (Å²) in [5.41, 5.74) is 2.20. The molecule has 2 N–H and O–H groups in total. The summed E-state index contributed by atoms with van der Waals surface area (Å²) >= 11 is 0. The van der Waals surface area contributed by atoms with E-state index in [4.69, 9.17) is 0 Å². The van der Waals surface area contributed by atoms with Crippen molar-refractivity contribution >= 4 is 11.0 Å². The first-order valence-electron chi connectivity index (χ1n) is 7.78. The zero-order chi connectivity index (χ0) is 14.7. The van der Waals surface area contributed by atoms with Crippen LogP contribution in [0.4, 0.5) is 0 Å². The van der Waals surface area contributed by atoms with Gasteiger partial charge in [0.2, 0.25) is 0 Å². The van der Waals surface area contributed by atoms with Crippen molar-refractivity contribution in [2.75, 3.05) is 6.54 Å². The Morgan fingerprint density at radius 1 is 1.33 bits per heavy atom. The first-order valence-corrected chi connectivity index (χ1v) is 7.78. The van der Waals surface area contributed by atoms with Crippen LogP contribution >= 0.6 is 0 Å². The molecule has 112 valence electrons. The van der Waals surface area contributed by atoms with E-state index >= 15 is 0 Å². The minimum Gasteiger partial charge on any atom is -0.389 e. The molecule has 0 saturated heterocycles. The number of aromatic nitrogens is 2. The molecule has 4 heteroatoms. The molecule has 3 rings (SSSR count). The Bertz CT molecular complexity index is 616.